The van der Waals surface area contributed by atoms with Gasteiger partial charge in [-0.15, -0.1) is 0 Å². The van der Waals surface area contributed by atoms with Gasteiger partial charge in [-0.05, 0) is 39.7 Å². The minimum absolute atomic E-state index is 0.218. The van der Waals surface area contributed by atoms with Crippen LogP contribution in [0.5, 0.6) is 0 Å². The molecule has 1 N–H and O–H groups in total. The second kappa shape index (κ2) is 5.67. The van der Waals surface area contributed by atoms with Crippen LogP contribution in [-0.4, -0.2) is 35.1 Å². The molecule has 1 aliphatic rings. The van der Waals surface area contributed by atoms with Gasteiger partial charge in [-0.1, -0.05) is 19.3 Å². The van der Waals surface area contributed by atoms with Crippen molar-refractivity contribution in [2.45, 2.75) is 57.9 Å². The summed E-state index contributed by atoms with van der Waals surface area (Å²) in [6.45, 7) is 5.08. The number of carboxylic acids is 1. The Morgan fingerprint density at radius 3 is 2.38 bits per heavy atom. The summed E-state index contributed by atoms with van der Waals surface area (Å²) in [6, 6.07) is 0. The lowest BCUT2D eigenvalue weighted by atomic mass is 9.87. The van der Waals surface area contributed by atoms with E-state index in [2.05, 4.69) is 11.9 Å². The van der Waals surface area contributed by atoms with Crippen LogP contribution in [0.25, 0.3) is 0 Å². The zero-order chi connectivity index (χ0) is 12.2. The van der Waals surface area contributed by atoms with Gasteiger partial charge >= 0.3 is 5.97 Å². The zero-order valence-corrected chi connectivity index (χ0v) is 10.8. The van der Waals surface area contributed by atoms with E-state index in [1.54, 1.807) is 0 Å². The molecule has 16 heavy (non-hydrogen) atoms. The van der Waals surface area contributed by atoms with E-state index in [1.807, 2.05) is 13.8 Å². The molecule has 0 aromatic carbocycles. The van der Waals surface area contributed by atoms with Crippen molar-refractivity contribution in [2.24, 2.45) is 5.92 Å². The molecule has 1 saturated carbocycles. The number of rotatable bonds is 5. The van der Waals surface area contributed by atoms with Crippen LogP contribution in [0.3, 0.4) is 0 Å². The molecule has 1 fully saturated rings. The van der Waals surface area contributed by atoms with Crippen LogP contribution in [0.4, 0.5) is 0 Å². The van der Waals surface area contributed by atoms with Gasteiger partial charge in [-0.2, -0.15) is 0 Å². The lowest BCUT2D eigenvalue weighted by molar-refractivity contribution is -0.139. The van der Waals surface area contributed by atoms with Crippen molar-refractivity contribution in [2.75, 3.05) is 13.6 Å². The van der Waals surface area contributed by atoms with E-state index in [1.165, 1.54) is 32.1 Å². The van der Waals surface area contributed by atoms with Crippen molar-refractivity contribution >= 4 is 5.97 Å². The molecule has 0 radical (unpaired) electrons. The third kappa shape index (κ3) is 4.12. The maximum atomic E-state index is 10.8. The highest BCUT2D eigenvalue weighted by Crippen LogP contribution is 2.27. The normalized spacial score (nSPS) is 19.0. The maximum absolute atomic E-state index is 10.8. The maximum Gasteiger partial charge on any atom is 0.305 e. The number of carboxylic acid groups (broad SMARTS) is 1. The first-order valence-corrected chi connectivity index (χ1v) is 6.35. The Labute approximate surface area is 98.8 Å². The molecule has 3 nitrogen and oxygen atoms in total. The van der Waals surface area contributed by atoms with Crippen molar-refractivity contribution < 1.29 is 9.90 Å². The van der Waals surface area contributed by atoms with Gasteiger partial charge in [0.15, 0.2) is 0 Å². The summed E-state index contributed by atoms with van der Waals surface area (Å²) >= 11 is 0. The average Bonchev–Trinajstić information content (AvgIpc) is 2.17. The first-order valence-electron chi connectivity index (χ1n) is 6.35. The lowest BCUT2D eigenvalue weighted by Gasteiger charge is -2.37. The first kappa shape index (κ1) is 13.5. The Morgan fingerprint density at radius 2 is 1.88 bits per heavy atom. The monoisotopic (exact) mass is 227 g/mol. The highest BCUT2D eigenvalue weighted by Gasteiger charge is 2.28. The van der Waals surface area contributed by atoms with E-state index < -0.39 is 5.97 Å². The molecule has 94 valence electrons. The third-order valence-electron chi connectivity index (χ3n) is 3.87. The van der Waals surface area contributed by atoms with Gasteiger partial charge in [-0.25, -0.2) is 0 Å². The van der Waals surface area contributed by atoms with E-state index in [0.29, 0.717) is 0 Å². The molecule has 0 unspecified atom stereocenters. The molecule has 1 aliphatic carbocycles. The minimum atomic E-state index is -0.708. The summed E-state index contributed by atoms with van der Waals surface area (Å²) in [5.74, 6) is 0.0623. The molecule has 0 heterocycles. The van der Waals surface area contributed by atoms with Crippen LogP contribution < -0.4 is 0 Å². The van der Waals surface area contributed by atoms with E-state index in [4.69, 9.17) is 5.11 Å². The van der Waals surface area contributed by atoms with Crippen LogP contribution in [0.1, 0.15) is 52.4 Å². The van der Waals surface area contributed by atoms with E-state index in [9.17, 15) is 4.79 Å². The molecular formula is C13H25NO2. The molecule has 0 atom stereocenters. The molecule has 0 aliphatic heterocycles. The molecule has 0 saturated heterocycles. The van der Waals surface area contributed by atoms with Crippen LogP contribution in [0.15, 0.2) is 0 Å². The van der Waals surface area contributed by atoms with Crippen molar-refractivity contribution in [3.8, 4) is 0 Å². The summed E-state index contributed by atoms with van der Waals surface area (Å²) in [5.41, 5.74) is -0.233. The number of hydrogen-bond donors (Lipinski definition) is 1. The Bertz CT molecular complexity index is 232. The number of carbonyl (C=O) groups is 1. The molecule has 0 aromatic heterocycles. The fourth-order valence-corrected chi connectivity index (χ4v) is 2.51. The lowest BCUT2D eigenvalue weighted by Crippen LogP contribution is -2.45. The average molecular weight is 227 g/mol. The molecule has 0 aromatic rings. The van der Waals surface area contributed by atoms with Crippen molar-refractivity contribution in [1.82, 2.24) is 4.90 Å². The minimum Gasteiger partial charge on any atom is -0.481 e. The van der Waals surface area contributed by atoms with Gasteiger partial charge in [0.2, 0.25) is 0 Å². The first-order chi connectivity index (χ1) is 7.42. The van der Waals surface area contributed by atoms with Gasteiger partial charge in [0.25, 0.3) is 0 Å². The van der Waals surface area contributed by atoms with Crippen molar-refractivity contribution in [3.63, 3.8) is 0 Å². The topological polar surface area (TPSA) is 40.5 Å². The molecule has 3 heteroatoms. The summed E-state index contributed by atoms with van der Waals surface area (Å²) in [7, 11) is 2.05. The van der Waals surface area contributed by atoms with Crippen LogP contribution in [0, 0.1) is 5.92 Å². The summed E-state index contributed by atoms with van der Waals surface area (Å²) in [5, 5.41) is 8.88. The zero-order valence-electron chi connectivity index (χ0n) is 10.8. The number of aliphatic carboxylic acids is 1. The van der Waals surface area contributed by atoms with Crippen molar-refractivity contribution in [1.29, 1.82) is 0 Å². The smallest absolute Gasteiger partial charge is 0.305 e. The summed E-state index contributed by atoms with van der Waals surface area (Å²) < 4.78 is 0. The Morgan fingerprint density at radius 1 is 1.31 bits per heavy atom. The van der Waals surface area contributed by atoms with Crippen molar-refractivity contribution in [3.05, 3.63) is 0 Å². The fourth-order valence-electron chi connectivity index (χ4n) is 2.51. The largest absolute Gasteiger partial charge is 0.481 e. The van der Waals surface area contributed by atoms with Gasteiger partial charge < -0.3 is 10.0 Å². The van der Waals surface area contributed by atoms with Gasteiger partial charge in [0.05, 0.1) is 6.42 Å². The van der Waals surface area contributed by atoms with E-state index in [-0.39, 0.29) is 12.0 Å². The SMILES string of the molecule is CN(CC1CCCCC1)C(C)(C)CC(=O)O. The highest BCUT2D eigenvalue weighted by molar-refractivity contribution is 5.68. The Hall–Kier alpha value is -0.570. The van der Waals surface area contributed by atoms with Crippen LogP contribution in [0.2, 0.25) is 0 Å². The molecule has 1 rings (SSSR count). The predicted octanol–water partition coefficient (Wildman–Crippen LogP) is 2.75. The third-order valence-corrected chi connectivity index (χ3v) is 3.87. The highest BCUT2D eigenvalue weighted by atomic mass is 16.4. The molecule has 0 bridgehead atoms. The number of hydrogen-bond acceptors (Lipinski definition) is 2. The van der Waals surface area contributed by atoms with Crippen LogP contribution >= 0.6 is 0 Å². The quantitative estimate of drug-likeness (QED) is 0.785. The second-order valence-corrected chi connectivity index (χ2v) is 5.77. The Balaban J connectivity index is 2.42. The molecular weight excluding hydrogens is 202 g/mol. The molecule has 0 spiro atoms. The standard InChI is InChI=1S/C13H25NO2/c1-13(2,9-12(15)16)14(3)10-11-7-5-4-6-8-11/h11H,4-10H2,1-3H3,(H,15,16). The van der Waals surface area contributed by atoms with Crippen LogP contribution in [-0.2, 0) is 4.79 Å². The van der Waals surface area contributed by atoms with Gasteiger partial charge in [-0.3, -0.25) is 4.79 Å². The van der Waals surface area contributed by atoms with E-state index in [0.717, 1.165) is 12.5 Å². The molecule has 0 amide bonds. The number of nitrogens with zero attached hydrogens (tertiary/aromatic N) is 1. The summed E-state index contributed by atoms with van der Waals surface area (Å²) in [4.78, 5) is 13.0. The van der Waals surface area contributed by atoms with E-state index >= 15 is 0 Å². The predicted molar refractivity (Wildman–Crippen MR) is 65.5 cm³/mol. The van der Waals surface area contributed by atoms with Gasteiger partial charge in [0, 0.05) is 12.1 Å². The summed E-state index contributed by atoms with van der Waals surface area (Å²) in [6.07, 6.45) is 6.91. The Kier molecular flexibility index (Phi) is 4.78. The fraction of sp³-hybridized carbons (Fsp3) is 0.923. The second-order valence-electron chi connectivity index (χ2n) is 5.77. The van der Waals surface area contributed by atoms with Gasteiger partial charge in [0.1, 0.15) is 0 Å².